The summed E-state index contributed by atoms with van der Waals surface area (Å²) in [4.78, 5) is 7.53. The molecule has 5 heteroatoms. The van der Waals surface area contributed by atoms with Crippen LogP contribution in [0.1, 0.15) is 5.69 Å². The SMILES string of the molecule is NCCc1cnc(-c2csc(Br)c2)[nH]1. The highest BCUT2D eigenvalue weighted by Gasteiger charge is 2.04. The van der Waals surface area contributed by atoms with E-state index in [0.717, 1.165) is 27.3 Å². The van der Waals surface area contributed by atoms with Crippen molar-refractivity contribution < 1.29 is 0 Å². The molecule has 2 heterocycles. The van der Waals surface area contributed by atoms with Crippen LogP contribution in [-0.4, -0.2) is 16.5 Å². The summed E-state index contributed by atoms with van der Waals surface area (Å²) < 4.78 is 1.12. The van der Waals surface area contributed by atoms with Gasteiger partial charge in [0.05, 0.1) is 3.79 Å². The van der Waals surface area contributed by atoms with Crippen molar-refractivity contribution in [3.63, 3.8) is 0 Å². The maximum atomic E-state index is 5.46. The quantitative estimate of drug-likeness (QED) is 0.901. The minimum Gasteiger partial charge on any atom is -0.342 e. The first-order valence-corrected chi connectivity index (χ1v) is 5.95. The fourth-order valence-electron chi connectivity index (χ4n) is 1.22. The third-order valence-corrected chi connectivity index (χ3v) is 3.39. The Morgan fingerprint density at radius 1 is 1.57 bits per heavy atom. The summed E-state index contributed by atoms with van der Waals surface area (Å²) in [7, 11) is 0. The van der Waals surface area contributed by atoms with Crippen molar-refractivity contribution >= 4 is 27.3 Å². The number of H-pyrrole nitrogens is 1. The van der Waals surface area contributed by atoms with Crippen LogP contribution in [0.25, 0.3) is 11.4 Å². The number of aromatic amines is 1. The predicted octanol–water partition coefficient (Wildman–Crippen LogP) is 2.40. The molecule has 2 aromatic heterocycles. The number of hydrogen-bond acceptors (Lipinski definition) is 3. The molecule has 0 unspecified atom stereocenters. The van der Waals surface area contributed by atoms with E-state index in [-0.39, 0.29) is 0 Å². The van der Waals surface area contributed by atoms with Gasteiger partial charge in [0.15, 0.2) is 0 Å². The molecule has 2 aromatic rings. The molecule has 0 bridgehead atoms. The Labute approximate surface area is 94.5 Å². The van der Waals surface area contributed by atoms with Crippen molar-refractivity contribution in [2.75, 3.05) is 6.54 Å². The zero-order chi connectivity index (χ0) is 9.97. The smallest absolute Gasteiger partial charge is 0.138 e. The Morgan fingerprint density at radius 2 is 2.43 bits per heavy atom. The van der Waals surface area contributed by atoms with Gasteiger partial charge in [-0.2, -0.15) is 0 Å². The zero-order valence-electron chi connectivity index (χ0n) is 7.46. The molecule has 0 fully saturated rings. The van der Waals surface area contributed by atoms with Gasteiger partial charge in [0.2, 0.25) is 0 Å². The van der Waals surface area contributed by atoms with E-state index in [1.165, 1.54) is 0 Å². The number of aromatic nitrogens is 2. The number of rotatable bonds is 3. The minimum atomic E-state index is 0.648. The van der Waals surface area contributed by atoms with Gasteiger partial charge in [-0.25, -0.2) is 4.98 Å². The van der Waals surface area contributed by atoms with Gasteiger partial charge in [-0.1, -0.05) is 0 Å². The molecule has 0 aliphatic heterocycles. The van der Waals surface area contributed by atoms with Gasteiger partial charge < -0.3 is 10.7 Å². The Balaban J connectivity index is 2.24. The molecule has 0 atom stereocenters. The number of thiophene rings is 1. The second-order valence-corrected chi connectivity index (χ2v) is 5.23. The highest BCUT2D eigenvalue weighted by Crippen LogP contribution is 2.27. The molecule has 0 aliphatic rings. The second kappa shape index (κ2) is 4.25. The average Bonchev–Trinajstić information content (AvgIpc) is 2.74. The lowest BCUT2D eigenvalue weighted by molar-refractivity contribution is 0.936. The average molecular weight is 272 g/mol. The van der Waals surface area contributed by atoms with E-state index in [1.807, 2.05) is 6.20 Å². The van der Waals surface area contributed by atoms with Gasteiger partial charge >= 0.3 is 0 Å². The Bertz CT molecular complexity index is 421. The normalized spacial score (nSPS) is 10.7. The highest BCUT2D eigenvalue weighted by molar-refractivity contribution is 9.11. The maximum absolute atomic E-state index is 5.46. The van der Waals surface area contributed by atoms with Crippen LogP contribution < -0.4 is 5.73 Å². The maximum Gasteiger partial charge on any atom is 0.138 e. The molecular weight excluding hydrogens is 262 g/mol. The van der Waals surface area contributed by atoms with Crippen LogP contribution in [0.3, 0.4) is 0 Å². The van der Waals surface area contributed by atoms with Crippen molar-refractivity contribution in [1.29, 1.82) is 0 Å². The second-order valence-electron chi connectivity index (χ2n) is 2.94. The van der Waals surface area contributed by atoms with Crippen LogP contribution in [0, 0.1) is 0 Å². The molecule has 14 heavy (non-hydrogen) atoms. The van der Waals surface area contributed by atoms with E-state index in [0.29, 0.717) is 6.54 Å². The lowest BCUT2D eigenvalue weighted by Crippen LogP contribution is -2.02. The summed E-state index contributed by atoms with van der Waals surface area (Å²) in [5.41, 5.74) is 7.66. The molecule has 3 N–H and O–H groups in total. The molecule has 2 rings (SSSR count). The highest BCUT2D eigenvalue weighted by atomic mass is 79.9. The van der Waals surface area contributed by atoms with E-state index in [1.54, 1.807) is 11.3 Å². The molecule has 0 radical (unpaired) electrons. The van der Waals surface area contributed by atoms with E-state index >= 15 is 0 Å². The monoisotopic (exact) mass is 271 g/mol. The number of nitrogens with zero attached hydrogens (tertiary/aromatic N) is 1. The van der Waals surface area contributed by atoms with Crippen molar-refractivity contribution in [1.82, 2.24) is 9.97 Å². The zero-order valence-corrected chi connectivity index (χ0v) is 9.86. The molecule has 0 aliphatic carbocycles. The molecule has 74 valence electrons. The largest absolute Gasteiger partial charge is 0.342 e. The van der Waals surface area contributed by atoms with Crippen LogP contribution >= 0.6 is 27.3 Å². The van der Waals surface area contributed by atoms with E-state index in [9.17, 15) is 0 Å². The van der Waals surface area contributed by atoms with Crippen molar-refractivity contribution in [3.8, 4) is 11.4 Å². The minimum absolute atomic E-state index is 0.648. The van der Waals surface area contributed by atoms with Crippen molar-refractivity contribution in [3.05, 3.63) is 27.1 Å². The van der Waals surface area contributed by atoms with Gasteiger partial charge in [-0.05, 0) is 28.5 Å². The third kappa shape index (κ3) is 2.05. The molecule has 0 spiro atoms. The van der Waals surface area contributed by atoms with Gasteiger partial charge in [-0.3, -0.25) is 0 Å². The summed E-state index contributed by atoms with van der Waals surface area (Å²) in [6, 6.07) is 2.05. The first-order valence-electron chi connectivity index (χ1n) is 4.28. The number of nitrogens with two attached hydrogens (primary N) is 1. The fraction of sp³-hybridized carbons (Fsp3) is 0.222. The Hall–Kier alpha value is -0.650. The predicted molar refractivity (Wildman–Crippen MR) is 62.4 cm³/mol. The van der Waals surface area contributed by atoms with Gasteiger partial charge in [0.1, 0.15) is 5.82 Å². The summed E-state index contributed by atoms with van der Waals surface area (Å²) in [6.45, 7) is 0.648. The number of imidazole rings is 1. The Morgan fingerprint density at radius 3 is 3.07 bits per heavy atom. The molecule has 3 nitrogen and oxygen atoms in total. The number of hydrogen-bond donors (Lipinski definition) is 2. The van der Waals surface area contributed by atoms with Crippen LogP contribution in [0.4, 0.5) is 0 Å². The topological polar surface area (TPSA) is 54.7 Å². The van der Waals surface area contributed by atoms with Gasteiger partial charge in [-0.15, -0.1) is 11.3 Å². The number of halogens is 1. The molecule has 0 amide bonds. The molecule has 0 saturated heterocycles. The lowest BCUT2D eigenvalue weighted by atomic mass is 10.3. The fourth-order valence-corrected chi connectivity index (χ4v) is 2.36. The Kier molecular flexibility index (Phi) is 3.00. The molecule has 0 saturated carbocycles. The van der Waals surface area contributed by atoms with Crippen molar-refractivity contribution in [2.45, 2.75) is 6.42 Å². The number of nitrogens with one attached hydrogen (secondary N) is 1. The molecule has 0 aromatic carbocycles. The van der Waals surface area contributed by atoms with E-state index < -0.39 is 0 Å². The van der Waals surface area contributed by atoms with Gasteiger partial charge in [0, 0.05) is 29.3 Å². The molecular formula is C9H10BrN3S. The van der Waals surface area contributed by atoms with E-state index in [4.69, 9.17) is 5.73 Å². The third-order valence-electron chi connectivity index (χ3n) is 1.88. The van der Waals surface area contributed by atoms with Crippen LogP contribution in [0.5, 0.6) is 0 Å². The summed E-state index contributed by atoms with van der Waals surface area (Å²) in [6.07, 6.45) is 2.69. The first kappa shape index (κ1) is 9.89. The van der Waals surface area contributed by atoms with Crippen LogP contribution in [-0.2, 0) is 6.42 Å². The van der Waals surface area contributed by atoms with Gasteiger partial charge in [0.25, 0.3) is 0 Å². The standard InChI is InChI=1S/C9H10BrN3S/c10-8-3-6(5-14-8)9-12-4-7(13-9)1-2-11/h3-5H,1-2,11H2,(H,12,13). The summed E-state index contributed by atoms with van der Waals surface area (Å²) in [5.74, 6) is 0.912. The lowest BCUT2D eigenvalue weighted by Gasteiger charge is -1.91. The first-order chi connectivity index (χ1) is 6.79. The van der Waals surface area contributed by atoms with Crippen molar-refractivity contribution in [2.24, 2.45) is 5.73 Å². The summed E-state index contributed by atoms with van der Waals surface area (Å²) in [5, 5.41) is 2.06. The van der Waals surface area contributed by atoms with Crippen LogP contribution in [0.15, 0.2) is 21.4 Å². The summed E-state index contributed by atoms with van der Waals surface area (Å²) >= 11 is 5.08. The van der Waals surface area contributed by atoms with Crippen LogP contribution in [0.2, 0.25) is 0 Å². The van der Waals surface area contributed by atoms with E-state index in [2.05, 4.69) is 37.3 Å².